The lowest BCUT2D eigenvalue weighted by Gasteiger charge is -2.18. The minimum atomic E-state index is -1.11. The van der Waals surface area contributed by atoms with Gasteiger partial charge in [0.25, 0.3) is 5.91 Å². The summed E-state index contributed by atoms with van der Waals surface area (Å²) in [4.78, 5) is 24.7. The number of hydrogen-bond acceptors (Lipinski definition) is 3. The predicted molar refractivity (Wildman–Crippen MR) is 89.9 cm³/mol. The van der Waals surface area contributed by atoms with E-state index in [0.717, 1.165) is 12.8 Å². The number of carbonyl (C=O) groups excluding carboxylic acids is 2. The first-order chi connectivity index (χ1) is 11.5. The SMILES string of the molecule is O=C(O[C@@H](C(=O)NC1CC1)c1ccccc1)c1ccc(Br)cc1F. The number of ether oxygens (including phenoxy) is 1. The number of amides is 1. The van der Waals surface area contributed by atoms with E-state index in [4.69, 9.17) is 4.74 Å². The van der Waals surface area contributed by atoms with Crippen LogP contribution in [0.15, 0.2) is 53.0 Å². The number of hydrogen-bond donors (Lipinski definition) is 1. The third-order valence-corrected chi connectivity index (χ3v) is 4.13. The highest BCUT2D eigenvalue weighted by molar-refractivity contribution is 9.10. The largest absolute Gasteiger partial charge is 0.444 e. The maximum atomic E-state index is 13.9. The zero-order valence-electron chi connectivity index (χ0n) is 12.7. The van der Waals surface area contributed by atoms with Crippen LogP contribution in [0, 0.1) is 5.82 Å². The van der Waals surface area contributed by atoms with Gasteiger partial charge in [0.05, 0.1) is 5.56 Å². The summed E-state index contributed by atoms with van der Waals surface area (Å²) in [5, 5.41) is 2.82. The molecule has 1 N–H and O–H groups in total. The second kappa shape index (κ2) is 7.13. The van der Waals surface area contributed by atoms with Crippen molar-refractivity contribution in [2.75, 3.05) is 0 Å². The normalized spacial score (nSPS) is 14.8. The minimum Gasteiger partial charge on any atom is -0.444 e. The number of carbonyl (C=O) groups is 2. The topological polar surface area (TPSA) is 55.4 Å². The van der Waals surface area contributed by atoms with Crippen LogP contribution in [-0.4, -0.2) is 17.9 Å². The van der Waals surface area contributed by atoms with Gasteiger partial charge in [-0.15, -0.1) is 0 Å². The first-order valence-corrected chi connectivity index (χ1v) is 8.35. The smallest absolute Gasteiger partial charge is 0.342 e. The number of benzene rings is 2. The molecule has 1 saturated carbocycles. The van der Waals surface area contributed by atoms with E-state index in [-0.39, 0.29) is 11.6 Å². The summed E-state index contributed by atoms with van der Waals surface area (Å²) in [5.74, 6) is -1.97. The second-order valence-electron chi connectivity index (χ2n) is 5.60. The molecule has 0 heterocycles. The molecule has 4 nitrogen and oxygen atoms in total. The third-order valence-electron chi connectivity index (χ3n) is 3.64. The molecule has 1 aliphatic carbocycles. The highest BCUT2D eigenvalue weighted by atomic mass is 79.9. The van der Waals surface area contributed by atoms with Gasteiger partial charge < -0.3 is 10.1 Å². The van der Waals surface area contributed by atoms with E-state index in [1.165, 1.54) is 12.1 Å². The molecule has 24 heavy (non-hydrogen) atoms. The molecule has 1 aliphatic rings. The fourth-order valence-corrected chi connectivity index (χ4v) is 2.56. The first kappa shape index (κ1) is 16.6. The summed E-state index contributed by atoms with van der Waals surface area (Å²) >= 11 is 3.13. The molecule has 0 aromatic heterocycles. The molecule has 0 radical (unpaired) electrons. The maximum Gasteiger partial charge on any atom is 0.342 e. The van der Waals surface area contributed by atoms with Gasteiger partial charge in [0.15, 0.2) is 0 Å². The Balaban J connectivity index is 1.82. The summed E-state index contributed by atoms with van der Waals surface area (Å²) in [7, 11) is 0. The summed E-state index contributed by atoms with van der Waals surface area (Å²) in [6, 6.07) is 12.9. The van der Waals surface area contributed by atoms with Crippen molar-refractivity contribution in [3.63, 3.8) is 0 Å². The molecule has 0 bridgehead atoms. The highest BCUT2D eigenvalue weighted by Gasteiger charge is 2.31. The predicted octanol–water partition coefficient (Wildman–Crippen LogP) is 3.76. The zero-order valence-corrected chi connectivity index (χ0v) is 14.3. The van der Waals surface area contributed by atoms with E-state index in [1.807, 2.05) is 0 Å². The van der Waals surface area contributed by atoms with Crippen LogP contribution >= 0.6 is 15.9 Å². The Morgan fingerprint density at radius 1 is 1.17 bits per heavy atom. The molecule has 2 aromatic rings. The minimum absolute atomic E-state index is 0.131. The quantitative estimate of drug-likeness (QED) is 0.789. The standard InChI is InChI=1S/C18H15BrFNO3/c19-12-6-9-14(15(20)10-12)18(23)24-16(11-4-2-1-3-5-11)17(22)21-13-7-8-13/h1-6,9-10,13,16H,7-8H2,(H,21,22)/t16-/m1/s1. The van der Waals surface area contributed by atoms with Crippen LogP contribution in [0.4, 0.5) is 4.39 Å². The molecule has 1 amide bonds. The van der Waals surface area contributed by atoms with Crippen LogP contribution in [0.25, 0.3) is 0 Å². The fourth-order valence-electron chi connectivity index (χ4n) is 2.23. The summed E-state index contributed by atoms with van der Waals surface area (Å²) < 4.78 is 19.8. The van der Waals surface area contributed by atoms with Gasteiger partial charge in [-0.25, -0.2) is 9.18 Å². The van der Waals surface area contributed by atoms with E-state index >= 15 is 0 Å². The highest BCUT2D eigenvalue weighted by Crippen LogP contribution is 2.25. The lowest BCUT2D eigenvalue weighted by Crippen LogP contribution is -2.33. The number of halogens is 2. The summed E-state index contributed by atoms with van der Waals surface area (Å²) in [6.07, 6.45) is 0.729. The second-order valence-corrected chi connectivity index (χ2v) is 6.52. The summed E-state index contributed by atoms with van der Waals surface area (Å²) in [6.45, 7) is 0. The Morgan fingerprint density at radius 3 is 2.50 bits per heavy atom. The van der Waals surface area contributed by atoms with E-state index in [2.05, 4.69) is 21.2 Å². The maximum absolute atomic E-state index is 13.9. The van der Waals surface area contributed by atoms with Crippen LogP contribution in [0.1, 0.15) is 34.9 Å². The molecule has 2 aromatic carbocycles. The first-order valence-electron chi connectivity index (χ1n) is 7.56. The Bertz CT molecular complexity index is 762. The van der Waals surface area contributed by atoms with Gasteiger partial charge >= 0.3 is 5.97 Å². The molecule has 1 atom stereocenters. The van der Waals surface area contributed by atoms with Crippen LogP contribution in [-0.2, 0) is 9.53 Å². The molecular formula is C18H15BrFNO3. The van der Waals surface area contributed by atoms with Crippen LogP contribution in [0.3, 0.4) is 0 Å². The molecule has 124 valence electrons. The van der Waals surface area contributed by atoms with E-state index in [9.17, 15) is 14.0 Å². The molecule has 0 spiro atoms. The van der Waals surface area contributed by atoms with Crippen molar-refractivity contribution < 1.29 is 18.7 Å². The van der Waals surface area contributed by atoms with Crippen molar-refractivity contribution in [3.05, 3.63) is 69.9 Å². The van der Waals surface area contributed by atoms with Gasteiger partial charge in [0.2, 0.25) is 6.10 Å². The average Bonchev–Trinajstić information content (AvgIpc) is 3.37. The van der Waals surface area contributed by atoms with Crippen LogP contribution in [0.2, 0.25) is 0 Å². The van der Waals surface area contributed by atoms with Gasteiger partial charge in [0.1, 0.15) is 5.82 Å². The number of rotatable bonds is 5. The monoisotopic (exact) mass is 391 g/mol. The molecule has 0 aliphatic heterocycles. The van der Waals surface area contributed by atoms with Crippen molar-refractivity contribution in [1.82, 2.24) is 5.32 Å². The Kier molecular flexibility index (Phi) is 4.94. The lowest BCUT2D eigenvalue weighted by molar-refractivity contribution is -0.130. The third kappa shape index (κ3) is 4.00. The lowest BCUT2D eigenvalue weighted by atomic mass is 10.1. The molecular weight excluding hydrogens is 377 g/mol. The number of esters is 1. The van der Waals surface area contributed by atoms with Crippen molar-refractivity contribution >= 4 is 27.8 Å². The molecule has 1 fully saturated rings. The van der Waals surface area contributed by atoms with Crippen LogP contribution < -0.4 is 5.32 Å². The van der Waals surface area contributed by atoms with Crippen molar-refractivity contribution in [2.24, 2.45) is 0 Å². The molecule has 3 rings (SSSR count). The van der Waals surface area contributed by atoms with Crippen molar-refractivity contribution in [3.8, 4) is 0 Å². The average molecular weight is 392 g/mol. The van der Waals surface area contributed by atoms with Crippen LogP contribution in [0.5, 0.6) is 0 Å². The Labute approximate surface area is 147 Å². The van der Waals surface area contributed by atoms with Gasteiger partial charge in [-0.1, -0.05) is 46.3 Å². The van der Waals surface area contributed by atoms with Gasteiger partial charge in [0, 0.05) is 16.1 Å². The fraction of sp³-hybridized carbons (Fsp3) is 0.222. The molecule has 6 heteroatoms. The van der Waals surface area contributed by atoms with E-state index < -0.39 is 23.8 Å². The zero-order chi connectivity index (χ0) is 17.1. The van der Waals surface area contributed by atoms with E-state index in [1.54, 1.807) is 36.4 Å². The van der Waals surface area contributed by atoms with Gasteiger partial charge in [-0.3, -0.25) is 4.79 Å². The Morgan fingerprint density at radius 2 is 1.88 bits per heavy atom. The van der Waals surface area contributed by atoms with Gasteiger partial charge in [-0.2, -0.15) is 0 Å². The summed E-state index contributed by atoms with van der Waals surface area (Å²) in [5.41, 5.74) is 0.333. The Hall–Kier alpha value is -2.21. The molecule has 0 unspecified atom stereocenters. The number of nitrogens with one attached hydrogen (secondary N) is 1. The molecule has 0 saturated heterocycles. The van der Waals surface area contributed by atoms with Crippen molar-refractivity contribution in [2.45, 2.75) is 25.0 Å². The van der Waals surface area contributed by atoms with Crippen molar-refractivity contribution in [1.29, 1.82) is 0 Å². The van der Waals surface area contributed by atoms with E-state index in [0.29, 0.717) is 10.0 Å². The van der Waals surface area contributed by atoms with Gasteiger partial charge in [-0.05, 0) is 31.0 Å².